The molecular formula is C27H36FN. The molecule has 0 aromatic heterocycles. The molecule has 2 aliphatic carbocycles. The number of aryl methyl sites for hydroxylation is 1. The first-order valence-electron chi connectivity index (χ1n) is 11.7. The van der Waals surface area contributed by atoms with Crippen molar-refractivity contribution in [1.29, 1.82) is 5.26 Å². The van der Waals surface area contributed by atoms with Gasteiger partial charge in [0.2, 0.25) is 0 Å². The number of rotatable bonds is 7. The summed E-state index contributed by atoms with van der Waals surface area (Å²) in [5.74, 6) is 1.56. The zero-order valence-electron chi connectivity index (χ0n) is 18.0. The second-order valence-corrected chi connectivity index (χ2v) is 9.21. The number of allylic oxidation sites excluding steroid dienone is 3. The molecule has 0 unspecified atom stereocenters. The van der Waals surface area contributed by atoms with Gasteiger partial charge in [-0.05, 0) is 105 Å². The maximum Gasteiger partial charge on any atom is 0.196 e. The monoisotopic (exact) mass is 393 g/mol. The van der Waals surface area contributed by atoms with Crippen molar-refractivity contribution in [2.24, 2.45) is 17.8 Å². The first-order valence-corrected chi connectivity index (χ1v) is 11.7. The Morgan fingerprint density at radius 1 is 1.03 bits per heavy atom. The van der Waals surface area contributed by atoms with E-state index in [-0.39, 0.29) is 5.92 Å². The van der Waals surface area contributed by atoms with Crippen molar-refractivity contribution in [3.63, 3.8) is 0 Å². The topological polar surface area (TPSA) is 23.8 Å². The Bertz CT molecular complexity index is 723. The molecule has 1 nitrogen and oxygen atoms in total. The molecule has 29 heavy (non-hydrogen) atoms. The van der Waals surface area contributed by atoms with Crippen LogP contribution in [0.1, 0.15) is 88.2 Å². The zero-order chi connectivity index (χ0) is 20.6. The maximum atomic E-state index is 13.2. The van der Waals surface area contributed by atoms with Crippen LogP contribution in [0.15, 0.2) is 48.3 Å². The highest BCUT2D eigenvalue weighted by Crippen LogP contribution is 2.43. The highest BCUT2D eigenvalue weighted by Gasteiger charge is 2.29. The van der Waals surface area contributed by atoms with Crippen molar-refractivity contribution in [2.45, 2.75) is 83.5 Å². The summed E-state index contributed by atoms with van der Waals surface area (Å²) >= 11 is 0. The number of unbranched alkanes of at least 4 members (excludes halogenated alkanes) is 1. The van der Waals surface area contributed by atoms with Crippen molar-refractivity contribution in [1.82, 2.24) is 0 Å². The lowest BCUT2D eigenvalue weighted by Gasteiger charge is -2.35. The van der Waals surface area contributed by atoms with Gasteiger partial charge in [0.15, 0.2) is 5.83 Å². The van der Waals surface area contributed by atoms with E-state index >= 15 is 0 Å². The summed E-state index contributed by atoms with van der Waals surface area (Å²) in [6.45, 7) is 6.75. The second-order valence-electron chi connectivity index (χ2n) is 9.21. The summed E-state index contributed by atoms with van der Waals surface area (Å²) in [6, 6.07) is 11.0. The molecule has 0 amide bonds. The van der Waals surface area contributed by atoms with Crippen LogP contribution in [0.2, 0.25) is 0 Å². The van der Waals surface area contributed by atoms with Crippen molar-refractivity contribution >= 4 is 0 Å². The van der Waals surface area contributed by atoms with Gasteiger partial charge in [-0.1, -0.05) is 49.8 Å². The van der Waals surface area contributed by atoms with Gasteiger partial charge in [0.1, 0.15) is 6.07 Å². The Morgan fingerprint density at radius 3 is 2.17 bits per heavy atom. The van der Waals surface area contributed by atoms with Gasteiger partial charge < -0.3 is 0 Å². The minimum Gasteiger partial charge on any atom is -0.195 e. The third kappa shape index (κ3) is 6.05. The van der Waals surface area contributed by atoms with E-state index < -0.39 is 5.83 Å². The second kappa shape index (κ2) is 10.8. The van der Waals surface area contributed by atoms with Crippen LogP contribution in [0.3, 0.4) is 0 Å². The van der Waals surface area contributed by atoms with Gasteiger partial charge in [-0.3, -0.25) is 0 Å². The highest BCUT2D eigenvalue weighted by atomic mass is 19.1. The lowest BCUT2D eigenvalue weighted by molar-refractivity contribution is 0.289. The van der Waals surface area contributed by atoms with Crippen LogP contribution >= 0.6 is 0 Å². The number of hydrogen-bond donors (Lipinski definition) is 0. The van der Waals surface area contributed by atoms with Gasteiger partial charge in [0.05, 0.1) is 0 Å². The summed E-state index contributed by atoms with van der Waals surface area (Å²) in [5, 5.41) is 8.62. The fraction of sp³-hybridized carbons (Fsp3) is 0.593. The van der Waals surface area contributed by atoms with Gasteiger partial charge in [-0.15, -0.1) is 0 Å². The van der Waals surface area contributed by atoms with Gasteiger partial charge in [0.25, 0.3) is 0 Å². The van der Waals surface area contributed by atoms with Crippen LogP contribution in [0.5, 0.6) is 0 Å². The number of nitriles is 1. The number of hydrogen-bond acceptors (Lipinski definition) is 1. The molecule has 2 saturated carbocycles. The molecule has 1 aromatic carbocycles. The number of halogens is 1. The SMILES string of the molecule is C=C(C1CCC(C=C(F)C#N)CC1)C1CCC(c2ccc(CCCC)cc2)CC1. The van der Waals surface area contributed by atoms with Crippen molar-refractivity contribution in [3.8, 4) is 6.07 Å². The maximum absolute atomic E-state index is 13.2. The van der Waals surface area contributed by atoms with Crippen LogP contribution < -0.4 is 0 Å². The minimum atomic E-state index is -0.621. The molecule has 3 rings (SSSR count). The van der Waals surface area contributed by atoms with Gasteiger partial charge in [-0.25, -0.2) is 0 Å². The Labute approximate surface area is 176 Å². The van der Waals surface area contributed by atoms with E-state index in [2.05, 4.69) is 37.8 Å². The van der Waals surface area contributed by atoms with Crippen LogP contribution in [0.4, 0.5) is 4.39 Å². The standard InChI is InChI=1S/C27H36FN/c1-3-4-5-21-6-12-25(13-7-21)26-16-14-24(15-17-26)20(2)23-10-8-22(9-11-23)18-27(28)19-29/h6-7,12-13,18,22-24,26H,2-5,8-11,14-17H2,1H3. The van der Waals surface area contributed by atoms with Crippen molar-refractivity contribution < 1.29 is 4.39 Å². The van der Waals surface area contributed by atoms with Crippen LogP contribution in [-0.4, -0.2) is 0 Å². The molecular weight excluding hydrogens is 357 g/mol. The average Bonchev–Trinajstić information content (AvgIpc) is 2.78. The molecule has 2 fully saturated rings. The highest BCUT2D eigenvalue weighted by molar-refractivity contribution is 5.26. The fourth-order valence-electron chi connectivity index (χ4n) is 5.37. The van der Waals surface area contributed by atoms with E-state index in [1.54, 1.807) is 6.07 Å². The summed E-state index contributed by atoms with van der Waals surface area (Å²) in [7, 11) is 0. The van der Waals surface area contributed by atoms with Gasteiger partial charge >= 0.3 is 0 Å². The first kappa shape index (κ1) is 21.8. The Balaban J connectivity index is 1.46. The molecule has 2 heteroatoms. The van der Waals surface area contributed by atoms with E-state index in [9.17, 15) is 4.39 Å². The van der Waals surface area contributed by atoms with E-state index in [1.807, 2.05) is 0 Å². The quantitative estimate of drug-likeness (QED) is 0.339. The van der Waals surface area contributed by atoms with Gasteiger partial charge in [0, 0.05) is 0 Å². The third-order valence-corrected chi connectivity index (χ3v) is 7.31. The van der Waals surface area contributed by atoms with E-state index in [0.717, 1.165) is 25.7 Å². The van der Waals surface area contributed by atoms with Crippen LogP contribution in [0.25, 0.3) is 0 Å². The summed E-state index contributed by atoms with van der Waals surface area (Å²) in [4.78, 5) is 0. The molecule has 0 spiro atoms. The lowest BCUT2D eigenvalue weighted by Crippen LogP contribution is -2.22. The summed E-state index contributed by atoms with van der Waals surface area (Å²) in [5.41, 5.74) is 4.43. The molecule has 0 N–H and O–H groups in total. The molecule has 0 saturated heterocycles. The molecule has 0 atom stereocenters. The molecule has 0 aliphatic heterocycles. The van der Waals surface area contributed by atoms with Crippen molar-refractivity contribution in [3.05, 3.63) is 59.4 Å². The zero-order valence-corrected chi connectivity index (χ0v) is 18.0. The Hall–Kier alpha value is -1.88. The lowest BCUT2D eigenvalue weighted by atomic mass is 9.70. The first-order chi connectivity index (χ1) is 14.1. The smallest absolute Gasteiger partial charge is 0.195 e. The average molecular weight is 394 g/mol. The third-order valence-electron chi connectivity index (χ3n) is 7.31. The number of benzene rings is 1. The van der Waals surface area contributed by atoms with Gasteiger partial charge in [-0.2, -0.15) is 9.65 Å². The molecule has 0 heterocycles. The summed E-state index contributed by atoms with van der Waals surface area (Å²) < 4.78 is 13.2. The Kier molecular flexibility index (Phi) is 8.10. The number of nitrogens with zero attached hydrogens (tertiary/aromatic N) is 1. The predicted octanol–water partition coefficient (Wildman–Crippen LogP) is 8.04. The van der Waals surface area contributed by atoms with Crippen LogP contribution in [-0.2, 0) is 6.42 Å². The van der Waals surface area contributed by atoms with Crippen LogP contribution in [0, 0.1) is 29.1 Å². The molecule has 0 radical (unpaired) electrons. The van der Waals surface area contributed by atoms with Crippen molar-refractivity contribution in [2.75, 3.05) is 0 Å². The normalized spacial score (nSPS) is 28.0. The summed E-state index contributed by atoms with van der Waals surface area (Å²) in [6.07, 6.45) is 14.5. The molecule has 1 aromatic rings. The minimum absolute atomic E-state index is 0.231. The molecule has 0 bridgehead atoms. The van der Waals surface area contributed by atoms with E-state index in [1.165, 1.54) is 67.7 Å². The molecule has 2 aliphatic rings. The molecule has 156 valence electrons. The van der Waals surface area contributed by atoms with E-state index in [4.69, 9.17) is 5.26 Å². The Morgan fingerprint density at radius 2 is 1.62 bits per heavy atom. The predicted molar refractivity (Wildman–Crippen MR) is 119 cm³/mol. The largest absolute Gasteiger partial charge is 0.196 e. The van der Waals surface area contributed by atoms with E-state index in [0.29, 0.717) is 17.8 Å². The fourth-order valence-corrected chi connectivity index (χ4v) is 5.37.